The fraction of sp³-hybridized carbons (Fsp3) is 0.667. The summed E-state index contributed by atoms with van der Waals surface area (Å²) in [5, 5.41) is 3.28. The van der Waals surface area contributed by atoms with Crippen LogP contribution in [0.2, 0.25) is 0 Å². The van der Waals surface area contributed by atoms with Crippen molar-refractivity contribution in [3.63, 3.8) is 0 Å². The molecule has 0 aliphatic heterocycles. The van der Waals surface area contributed by atoms with Crippen LogP contribution in [-0.4, -0.2) is 29.2 Å². The van der Waals surface area contributed by atoms with E-state index < -0.39 is 0 Å². The van der Waals surface area contributed by atoms with Gasteiger partial charge in [0.1, 0.15) is 5.82 Å². The summed E-state index contributed by atoms with van der Waals surface area (Å²) in [6.07, 6.45) is 5.26. The van der Waals surface area contributed by atoms with Gasteiger partial charge in [-0.3, -0.25) is 4.98 Å². The zero-order chi connectivity index (χ0) is 12.0. The molecule has 1 N–H and O–H groups in total. The molecule has 1 rings (SSSR count). The highest BCUT2D eigenvalue weighted by Gasteiger charge is 2.20. The Kier molecular flexibility index (Phi) is 4.68. The summed E-state index contributed by atoms with van der Waals surface area (Å²) in [6, 6.07) is 0. The number of hydrogen-bond acceptors (Lipinski definition) is 4. The zero-order valence-corrected chi connectivity index (χ0v) is 10.6. The lowest BCUT2D eigenvalue weighted by Crippen LogP contribution is -2.26. The smallest absolute Gasteiger partial charge is 0.147 e. The Hall–Kier alpha value is -1.16. The summed E-state index contributed by atoms with van der Waals surface area (Å²) in [7, 11) is 1.72. The van der Waals surface area contributed by atoms with E-state index in [-0.39, 0.29) is 5.60 Å². The fourth-order valence-corrected chi connectivity index (χ4v) is 1.36. The SMILES string of the molecule is CCCNc1nccnc1CC(C)(C)OC. The van der Waals surface area contributed by atoms with Gasteiger partial charge in [0.25, 0.3) is 0 Å². The summed E-state index contributed by atoms with van der Waals surface area (Å²) >= 11 is 0. The summed E-state index contributed by atoms with van der Waals surface area (Å²) in [4.78, 5) is 8.67. The van der Waals surface area contributed by atoms with Gasteiger partial charge in [-0.1, -0.05) is 6.92 Å². The molecule has 1 aromatic rings. The van der Waals surface area contributed by atoms with E-state index in [0.29, 0.717) is 0 Å². The standard InChI is InChI=1S/C12H21N3O/c1-5-6-14-11-10(13-7-8-15-11)9-12(2,3)16-4/h7-8H,5-6,9H2,1-4H3,(H,14,15). The molecule has 0 spiro atoms. The van der Waals surface area contributed by atoms with Crippen molar-refractivity contribution in [2.75, 3.05) is 19.0 Å². The van der Waals surface area contributed by atoms with E-state index in [1.165, 1.54) is 0 Å². The van der Waals surface area contributed by atoms with Crippen molar-refractivity contribution in [3.05, 3.63) is 18.1 Å². The summed E-state index contributed by atoms with van der Waals surface area (Å²) < 4.78 is 5.41. The van der Waals surface area contributed by atoms with Crippen molar-refractivity contribution < 1.29 is 4.74 Å². The first-order valence-corrected chi connectivity index (χ1v) is 5.68. The predicted molar refractivity (Wildman–Crippen MR) is 65.6 cm³/mol. The molecule has 0 unspecified atom stereocenters. The van der Waals surface area contributed by atoms with Gasteiger partial charge >= 0.3 is 0 Å². The number of nitrogens with zero attached hydrogens (tertiary/aromatic N) is 2. The van der Waals surface area contributed by atoms with Crippen molar-refractivity contribution in [2.24, 2.45) is 0 Å². The summed E-state index contributed by atoms with van der Waals surface area (Å²) in [5.41, 5.74) is 0.751. The molecule has 0 saturated carbocycles. The highest BCUT2D eigenvalue weighted by molar-refractivity contribution is 5.39. The molecular weight excluding hydrogens is 202 g/mol. The quantitative estimate of drug-likeness (QED) is 0.803. The molecule has 0 fully saturated rings. The van der Waals surface area contributed by atoms with Crippen LogP contribution in [0, 0.1) is 0 Å². The van der Waals surface area contributed by atoms with Gasteiger partial charge in [0.15, 0.2) is 0 Å². The second kappa shape index (κ2) is 5.80. The molecule has 0 bridgehead atoms. The highest BCUT2D eigenvalue weighted by atomic mass is 16.5. The van der Waals surface area contributed by atoms with Crippen LogP contribution in [0.5, 0.6) is 0 Å². The van der Waals surface area contributed by atoms with Crippen molar-refractivity contribution in [2.45, 2.75) is 39.2 Å². The van der Waals surface area contributed by atoms with Gasteiger partial charge < -0.3 is 10.1 Å². The third-order valence-electron chi connectivity index (χ3n) is 2.46. The third kappa shape index (κ3) is 3.77. The number of hydrogen-bond donors (Lipinski definition) is 1. The van der Waals surface area contributed by atoms with Gasteiger partial charge in [0.2, 0.25) is 0 Å². The lowest BCUT2D eigenvalue weighted by molar-refractivity contribution is 0.0225. The van der Waals surface area contributed by atoms with Crippen LogP contribution >= 0.6 is 0 Å². The Balaban J connectivity index is 2.78. The molecule has 0 aliphatic rings. The molecule has 0 saturated heterocycles. The van der Waals surface area contributed by atoms with Gasteiger partial charge in [-0.2, -0.15) is 0 Å². The number of nitrogens with one attached hydrogen (secondary N) is 1. The van der Waals surface area contributed by atoms with Crippen molar-refractivity contribution in [1.82, 2.24) is 9.97 Å². The molecule has 0 aromatic carbocycles. The van der Waals surface area contributed by atoms with Gasteiger partial charge in [-0.25, -0.2) is 4.98 Å². The van der Waals surface area contributed by atoms with Crippen LogP contribution in [-0.2, 0) is 11.2 Å². The van der Waals surface area contributed by atoms with E-state index in [2.05, 4.69) is 22.2 Å². The average molecular weight is 223 g/mol. The number of ether oxygens (including phenoxy) is 1. The Morgan fingerprint density at radius 1 is 1.31 bits per heavy atom. The van der Waals surface area contributed by atoms with E-state index in [4.69, 9.17) is 4.74 Å². The molecule has 16 heavy (non-hydrogen) atoms. The van der Waals surface area contributed by atoms with Crippen LogP contribution in [0.15, 0.2) is 12.4 Å². The maximum absolute atomic E-state index is 5.41. The maximum Gasteiger partial charge on any atom is 0.147 e. The summed E-state index contributed by atoms with van der Waals surface area (Å²) in [6.45, 7) is 7.14. The number of anilines is 1. The molecule has 4 nitrogen and oxygen atoms in total. The average Bonchev–Trinajstić information content (AvgIpc) is 2.27. The second-order valence-corrected chi connectivity index (χ2v) is 4.42. The van der Waals surface area contributed by atoms with Crippen molar-refractivity contribution in [1.29, 1.82) is 0 Å². The largest absolute Gasteiger partial charge is 0.378 e. The molecule has 1 heterocycles. The zero-order valence-electron chi connectivity index (χ0n) is 10.6. The monoisotopic (exact) mass is 223 g/mol. The molecule has 4 heteroatoms. The van der Waals surface area contributed by atoms with Gasteiger partial charge in [-0.05, 0) is 20.3 Å². The fourth-order valence-electron chi connectivity index (χ4n) is 1.36. The Bertz CT molecular complexity index is 326. The first kappa shape index (κ1) is 12.9. The molecule has 90 valence electrons. The minimum absolute atomic E-state index is 0.210. The number of aromatic nitrogens is 2. The molecule has 0 atom stereocenters. The molecule has 0 amide bonds. The topological polar surface area (TPSA) is 47.0 Å². The van der Waals surface area contributed by atoms with E-state index in [9.17, 15) is 0 Å². The van der Waals surface area contributed by atoms with Crippen LogP contribution in [0.25, 0.3) is 0 Å². The minimum atomic E-state index is -0.210. The van der Waals surface area contributed by atoms with E-state index >= 15 is 0 Å². The van der Waals surface area contributed by atoms with Crippen LogP contribution in [0.4, 0.5) is 5.82 Å². The Morgan fingerprint density at radius 3 is 2.62 bits per heavy atom. The maximum atomic E-state index is 5.41. The normalized spacial score (nSPS) is 11.5. The predicted octanol–water partition coefficient (Wildman–Crippen LogP) is 2.27. The van der Waals surface area contributed by atoms with Gasteiger partial charge in [0, 0.05) is 32.5 Å². The highest BCUT2D eigenvalue weighted by Crippen LogP contribution is 2.18. The van der Waals surface area contributed by atoms with Crippen LogP contribution in [0.3, 0.4) is 0 Å². The van der Waals surface area contributed by atoms with Gasteiger partial charge in [-0.15, -0.1) is 0 Å². The second-order valence-electron chi connectivity index (χ2n) is 4.42. The Labute approximate surface area is 97.5 Å². The Morgan fingerprint density at radius 2 is 2.00 bits per heavy atom. The van der Waals surface area contributed by atoms with E-state index in [1.807, 2.05) is 13.8 Å². The minimum Gasteiger partial charge on any atom is -0.378 e. The van der Waals surface area contributed by atoms with Crippen LogP contribution < -0.4 is 5.32 Å². The first-order chi connectivity index (χ1) is 7.59. The number of rotatable bonds is 6. The van der Waals surface area contributed by atoms with E-state index in [0.717, 1.165) is 30.9 Å². The first-order valence-electron chi connectivity index (χ1n) is 5.68. The molecule has 0 aliphatic carbocycles. The van der Waals surface area contributed by atoms with Crippen molar-refractivity contribution in [3.8, 4) is 0 Å². The van der Waals surface area contributed by atoms with Crippen molar-refractivity contribution >= 4 is 5.82 Å². The molecule has 1 aromatic heterocycles. The third-order valence-corrected chi connectivity index (χ3v) is 2.46. The number of methoxy groups -OCH3 is 1. The van der Waals surface area contributed by atoms with E-state index in [1.54, 1.807) is 19.5 Å². The summed E-state index contributed by atoms with van der Waals surface area (Å²) in [5.74, 6) is 0.870. The molecule has 0 radical (unpaired) electrons. The molecular formula is C12H21N3O. The lowest BCUT2D eigenvalue weighted by atomic mass is 10.0. The van der Waals surface area contributed by atoms with Crippen LogP contribution in [0.1, 0.15) is 32.9 Å². The lowest BCUT2D eigenvalue weighted by Gasteiger charge is -2.23. The van der Waals surface area contributed by atoms with Gasteiger partial charge in [0.05, 0.1) is 11.3 Å².